The second kappa shape index (κ2) is 6.68. The lowest BCUT2D eigenvalue weighted by Gasteiger charge is -1.98. The molecule has 1 atom stereocenters. The minimum atomic E-state index is 1.12. The summed E-state index contributed by atoms with van der Waals surface area (Å²) in [5.74, 6) is 0. The fourth-order valence-electron chi connectivity index (χ4n) is 0.917. The Labute approximate surface area is 83.4 Å². The molecule has 0 aliphatic rings. The van der Waals surface area contributed by atoms with Crippen molar-refractivity contribution in [3.8, 4) is 0 Å². The van der Waals surface area contributed by atoms with Gasteiger partial charge >= 0.3 is 0 Å². The maximum absolute atomic E-state index is 3.71. The minimum Gasteiger partial charge on any atom is -0.324 e. The molecule has 0 amide bonds. The molecule has 0 radical (unpaired) electrons. The van der Waals surface area contributed by atoms with Crippen LogP contribution in [0.2, 0.25) is 0 Å². The summed E-state index contributed by atoms with van der Waals surface area (Å²) < 4.78 is 2.04. The molecule has 0 aliphatic heterocycles. The van der Waals surface area contributed by atoms with E-state index >= 15 is 0 Å². The first kappa shape index (κ1) is 12.2. The average Bonchev–Trinajstić information content (AvgIpc) is 2.54. The van der Waals surface area contributed by atoms with Gasteiger partial charge in [-0.3, -0.25) is 0 Å². The van der Waals surface area contributed by atoms with E-state index in [2.05, 4.69) is 15.8 Å². The molecule has 1 nitrogen and oxygen atoms in total. The van der Waals surface area contributed by atoms with Gasteiger partial charge in [-0.15, -0.1) is 9.24 Å². The molecule has 0 aromatic carbocycles. The second-order valence-corrected chi connectivity index (χ2v) is 3.33. The van der Waals surface area contributed by atoms with Crippen LogP contribution in [-0.4, -0.2) is 4.57 Å². The highest BCUT2D eigenvalue weighted by molar-refractivity contribution is 7.22. The molecule has 0 aliphatic carbocycles. The zero-order valence-corrected chi connectivity index (χ0v) is 9.77. The molecule has 1 aromatic heterocycles. The molecular weight excluding hydrogens is 177 g/mol. The van der Waals surface area contributed by atoms with E-state index < -0.39 is 0 Å². The Morgan fingerprint density at radius 2 is 2.15 bits per heavy atom. The highest BCUT2D eigenvalue weighted by atomic mass is 31.0. The predicted molar refractivity (Wildman–Crippen MR) is 65.5 cm³/mol. The van der Waals surface area contributed by atoms with Crippen LogP contribution in [-0.2, 0) is 0 Å². The number of rotatable bonds is 2. The van der Waals surface area contributed by atoms with Crippen LogP contribution >= 0.6 is 9.24 Å². The number of hydrogen-bond donors (Lipinski definition) is 0. The third-order valence-electron chi connectivity index (χ3n) is 1.36. The highest BCUT2D eigenvalue weighted by Gasteiger charge is 1.90. The standard InChI is InChI=1S/C9H12NP.C2H6/c1-3-9-5-4-6-10(9)7-8(2)11;1-2/h3-7H,1,11H2,2H3;1-2H3/b8-7+;. The quantitative estimate of drug-likeness (QED) is 0.632. The largest absolute Gasteiger partial charge is 0.324 e. The Hall–Kier alpha value is -0.810. The van der Waals surface area contributed by atoms with Gasteiger partial charge in [-0.2, -0.15) is 0 Å². The van der Waals surface area contributed by atoms with Gasteiger partial charge in [0.25, 0.3) is 0 Å². The van der Waals surface area contributed by atoms with E-state index in [1.807, 2.05) is 55.9 Å². The molecule has 2 heteroatoms. The molecular formula is C11H18NP. The first-order valence-electron chi connectivity index (χ1n) is 4.47. The Balaban J connectivity index is 0.000000671. The van der Waals surface area contributed by atoms with Gasteiger partial charge in [0.2, 0.25) is 0 Å². The Morgan fingerprint density at radius 3 is 2.62 bits per heavy atom. The number of hydrogen-bond acceptors (Lipinski definition) is 0. The summed E-state index contributed by atoms with van der Waals surface area (Å²) in [7, 11) is 2.65. The number of nitrogens with zero attached hydrogens (tertiary/aromatic N) is 1. The summed E-state index contributed by atoms with van der Waals surface area (Å²) in [4.78, 5) is 0. The second-order valence-electron chi connectivity index (χ2n) is 2.42. The number of aromatic nitrogens is 1. The molecule has 1 aromatic rings. The molecule has 0 spiro atoms. The van der Waals surface area contributed by atoms with Crippen molar-refractivity contribution in [1.29, 1.82) is 0 Å². The van der Waals surface area contributed by atoms with Crippen molar-refractivity contribution in [3.05, 3.63) is 35.9 Å². The lowest BCUT2D eigenvalue weighted by molar-refractivity contribution is 1.14. The molecule has 0 saturated carbocycles. The summed E-state index contributed by atoms with van der Waals surface area (Å²) in [6.45, 7) is 9.75. The Kier molecular flexibility index (Phi) is 6.26. The van der Waals surface area contributed by atoms with Crippen LogP contribution in [0.15, 0.2) is 30.2 Å². The lowest BCUT2D eigenvalue weighted by Crippen LogP contribution is -1.85. The van der Waals surface area contributed by atoms with Crippen LogP contribution in [0, 0.1) is 0 Å². The van der Waals surface area contributed by atoms with Crippen LogP contribution in [0.3, 0.4) is 0 Å². The molecule has 1 unspecified atom stereocenters. The SMILES string of the molecule is C=Cc1cccn1/C=C(\C)P.CC. The molecule has 1 heterocycles. The molecule has 13 heavy (non-hydrogen) atoms. The lowest BCUT2D eigenvalue weighted by atomic mass is 10.4. The number of allylic oxidation sites excluding steroid dienone is 1. The maximum Gasteiger partial charge on any atom is 0.0444 e. The fourth-order valence-corrected chi connectivity index (χ4v) is 1.08. The Morgan fingerprint density at radius 1 is 1.54 bits per heavy atom. The monoisotopic (exact) mass is 195 g/mol. The molecule has 0 N–H and O–H groups in total. The van der Waals surface area contributed by atoms with Gasteiger partial charge in [-0.25, -0.2) is 0 Å². The molecule has 0 fully saturated rings. The van der Waals surface area contributed by atoms with Crippen molar-refractivity contribution in [1.82, 2.24) is 4.57 Å². The van der Waals surface area contributed by atoms with Crippen LogP contribution in [0.1, 0.15) is 26.5 Å². The van der Waals surface area contributed by atoms with Gasteiger partial charge in [0.15, 0.2) is 0 Å². The van der Waals surface area contributed by atoms with Crippen LogP contribution in [0.4, 0.5) is 0 Å². The van der Waals surface area contributed by atoms with Crippen molar-refractivity contribution in [3.63, 3.8) is 0 Å². The van der Waals surface area contributed by atoms with Crippen molar-refractivity contribution in [2.75, 3.05) is 0 Å². The third kappa shape index (κ3) is 4.10. The van der Waals surface area contributed by atoms with Gasteiger partial charge in [-0.05, 0) is 30.4 Å². The van der Waals surface area contributed by atoms with Crippen LogP contribution in [0.5, 0.6) is 0 Å². The van der Waals surface area contributed by atoms with Gasteiger partial charge in [0, 0.05) is 18.1 Å². The summed E-state index contributed by atoms with van der Waals surface area (Å²) in [6.07, 6.45) is 5.89. The average molecular weight is 195 g/mol. The van der Waals surface area contributed by atoms with E-state index in [-0.39, 0.29) is 0 Å². The third-order valence-corrected chi connectivity index (χ3v) is 1.51. The maximum atomic E-state index is 3.71. The molecule has 0 bridgehead atoms. The van der Waals surface area contributed by atoms with E-state index in [0.29, 0.717) is 0 Å². The summed E-state index contributed by atoms with van der Waals surface area (Å²) in [6, 6.07) is 4.03. The molecule has 72 valence electrons. The zero-order valence-electron chi connectivity index (χ0n) is 8.62. The van der Waals surface area contributed by atoms with Gasteiger partial charge in [0.05, 0.1) is 0 Å². The minimum absolute atomic E-state index is 1.12. The van der Waals surface area contributed by atoms with Gasteiger partial charge in [-0.1, -0.05) is 20.4 Å². The van der Waals surface area contributed by atoms with E-state index in [1.54, 1.807) is 0 Å². The van der Waals surface area contributed by atoms with Crippen molar-refractivity contribution < 1.29 is 0 Å². The van der Waals surface area contributed by atoms with Crippen LogP contribution in [0.25, 0.3) is 12.3 Å². The molecule has 1 rings (SSSR count). The van der Waals surface area contributed by atoms with E-state index in [9.17, 15) is 0 Å². The van der Waals surface area contributed by atoms with Crippen molar-refractivity contribution in [2.24, 2.45) is 0 Å². The predicted octanol–water partition coefficient (Wildman–Crippen LogP) is 3.85. The summed E-state index contributed by atoms with van der Waals surface area (Å²) >= 11 is 0. The fraction of sp³-hybridized carbons (Fsp3) is 0.273. The first-order valence-corrected chi connectivity index (χ1v) is 5.05. The topological polar surface area (TPSA) is 4.93 Å². The highest BCUT2D eigenvalue weighted by Crippen LogP contribution is 2.09. The Bertz CT molecular complexity index is 280. The van der Waals surface area contributed by atoms with Gasteiger partial charge in [0.1, 0.15) is 0 Å². The van der Waals surface area contributed by atoms with E-state index in [0.717, 1.165) is 5.69 Å². The van der Waals surface area contributed by atoms with E-state index in [4.69, 9.17) is 0 Å². The van der Waals surface area contributed by atoms with Crippen molar-refractivity contribution in [2.45, 2.75) is 20.8 Å². The first-order chi connectivity index (χ1) is 6.24. The smallest absolute Gasteiger partial charge is 0.0444 e. The van der Waals surface area contributed by atoms with Gasteiger partial charge < -0.3 is 4.57 Å². The van der Waals surface area contributed by atoms with Crippen molar-refractivity contribution >= 4 is 21.5 Å². The summed E-state index contributed by atoms with van der Waals surface area (Å²) in [5, 5.41) is 1.20. The zero-order chi connectivity index (χ0) is 10.3. The summed E-state index contributed by atoms with van der Waals surface area (Å²) in [5.41, 5.74) is 1.12. The molecule has 0 saturated heterocycles. The van der Waals surface area contributed by atoms with Crippen LogP contribution < -0.4 is 0 Å². The van der Waals surface area contributed by atoms with E-state index in [1.165, 1.54) is 5.31 Å². The normalized spacial score (nSPS) is 10.3.